The summed E-state index contributed by atoms with van der Waals surface area (Å²) in [7, 11) is 1.44. The van der Waals surface area contributed by atoms with E-state index in [4.69, 9.17) is 0 Å². The van der Waals surface area contributed by atoms with Crippen LogP contribution in [0.2, 0.25) is 0 Å². The minimum absolute atomic E-state index is 0.229. The Labute approximate surface area is 104 Å². The van der Waals surface area contributed by atoms with Crippen LogP contribution < -0.4 is 5.43 Å². The molecule has 0 aromatic carbocycles. The summed E-state index contributed by atoms with van der Waals surface area (Å²) in [5.41, 5.74) is 2.35. The van der Waals surface area contributed by atoms with Gasteiger partial charge in [0.15, 0.2) is 0 Å². The first-order valence-electron chi connectivity index (χ1n) is 5.75. The monoisotopic (exact) mass is 256 g/mol. The molecule has 2 bridgehead atoms. The lowest BCUT2D eigenvalue weighted by Gasteiger charge is -2.32. The first-order chi connectivity index (χ1) is 8.41. The van der Waals surface area contributed by atoms with Crippen LogP contribution in [0.4, 0.5) is 4.79 Å². The average molecular weight is 256 g/mol. The number of hydroxylamine groups is 2. The quantitative estimate of drug-likeness (QED) is 0.472. The second-order valence-corrected chi connectivity index (χ2v) is 4.59. The summed E-state index contributed by atoms with van der Waals surface area (Å²) in [4.78, 5) is 36.0. The van der Waals surface area contributed by atoms with Gasteiger partial charge in [-0.15, -0.1) is 0 Å². The molecule has 0 unspecified atom stereocenters. The maximum atomic E-state index is 12.1. The molecule has 8 nitrogen and oxygen atoms in total. The molecule has 2 aliphatic heterocycles. The molecule has 4 amide bonds. The number of hydrazine groups is 1. The van der Waals surface area contributed by atoms with E-state index in [0.717, 1.165) is 5.01 Å². The van der Waals surface area contributed by atoms with Gasteiger partial charge in [-0.05, 0) is 12.8 Å². The molecule has 2 saturated heterocycles. The van der Waals surface area contributed by atoms with E-state index in [1.807, 2.05) is 0 Å². The van der Waals surface area contributed by atoms with E-state index in [2.05, 4.69) is 5.43 Å². The molecule has 2 atom stereocenters. The Morgan fingerprint density at radius 1 is 1.44 bits per heavy atom. The Morgan fingerprint density at radius 2 is 2.11 bits per heavy atom. The molecule has 0 aliphatic carbocycles. The lowest BCUT2D eigenvalue weighted by atomic mass is 10.0. The molecular weight excluding hydrogens is 240 g/mol. The zero-order chi connectivity index (χ0) is 13.4. The number of likely N-dealkylation sites (N-methyl/N-ethyl adjacent to an activating group) is 1. The standard InChI is InChI=1S/C10H16N4O4/c1-6(15)11-12(2)9(16)8-4-3-7-5-13(8)10(17)14(7)18/h7-8,18H,3-5H2,1-2H3,(H,11,15)/t7-,8+/m0/s1. The van der Waals surface area contributed by atoms with Crippen LogP contribution in [0.15, 0.2) is 0 Å². The van der Waals surface area contributed by atoms with Gasteiger partial charge >= 0.3 is 6.03 Å². The van der Waals surface area contributed by atoms with E-state index in [9.17, 15) is 19.6 Å². The van der Waals surface area contributed by atoms with Gasteiger partial charge in [0.05, 0.1) is 6.04 Å². The number of amides is 4. The molecule has 0 spiro atoms. The predicted octanol–water partition coefficient (Wildman–Crippen LogP) is -0.846. The van der Waals surface area contributed by atoms with E-state index in [0.29, 0.717) is 24.4 Å². The molecule has 18 heavy (non-hydrogen) atoms. The molecule has 2 fully saturated rings. The fourth-order valence-corrected chi connectivity index (χ4v) is 2.42. The summed E-state index contributed by atoms with van der Waals surface area (Å²) in [6, 6.07) is -1.40. The summed E-state index contributed by atoms with van der Waals surface area (Å²) < 4.78 is 0. The number of carbonyl (C=O) groups excluding carboxylic acids is 3. The van der Waals surface area contributed by atoms with E-state index >= 15 is 0 Å². The number of urea groups is 1. The Kier molecular flexibility index (Phi) is 3.12. The number of hydrogen-bond acceptors (Lipinski definition) is 4. The van der Waals surface area contributed by atoms with Crippen molar-refractivity contribution in [2.45, 2.75) is 31.8 Å². The third kappa shape index (κ3) is 1.99. The largest absolute Gasteiger partial charge is 0.344 e. The van der Waals surface area contributed by atoms with Gasteiger partial charge in [-0.2, -0.15) is 0 Å². The second kappa shape index (κ2) is 4.45. The number of rotatable bonds is 1. The maximum Gasteiger partial charge on any atom is 0.344 e. The van der Waals surface area contributed by atoms with Crippen molar-refractivity contribution in [2.75, 3.05) is 13.6 Å². The third-order valence-electron chi connectivity index (χ3n) is 3.29. The normalized spacial score (nSPS) is 26.3. The molecule has 100 valence electrons. The third-order valence-corrected chi connectivity index (χ3v) is 3.29. The topological polar surface area (TPSA) is 93.2 Å². The van der Waals surface area contributed by atoms with Crippen molar-refractivity contribution in [3.8, 4) is 0 Å². The van der Waals surface area contributed by atoms with Crippen LogP contribution in [-0.2, 0) is 9.59 Å². The highest BCUT2D eigenvalue weighted by atomic mass is 16.5. The lowest BCUT2D eigenvalue weighted by Crippen LogP contribution is -2.54. The van der Waals surface area contributed by atoms with Crippen molar-refractivity contribution in [3.05, 3.63) is 0 Å². The van der Waals surface area contributed by atoms with Gasteiger partial charge in [0.2, 0.25) is 5.91 Å². The Hall–Kier alpha value is -1.83. The van der Waals surface area contributed by atoms with Crippen LogP contribution >= 0.6 is 0 Å². The van der Waals surface area contributed by atoms with Gasteiger partial charge in [0.25, 0.3) is 5.91 Å². The van der Waals surface area contributed by atoms with E-state index < -0.39 is 12.1 Å². The van der Waals surface area contributed by atoms with Gasteiger partial charge in [-0.1, -0.05) is 0 Å². The summed E-state index contributed by atoms with van der Waals surface area (Å²) in [5, 5.41) is 11.3. The van der Waals surface area contributed by atoms with Crippen LogP contribution in [0.5, 0.6) is 0 Å². The molecule has 2 N–H and O–H groups in total. The maximum absolute atomic E-state index is 12.1. The predicted molar refractivity (Wildman–Crippen MR) is 59.1 cm³/mol. The highest BCUT2D eigenvalue weighted by Crippen LogP contribution is 2.28. The summed E-state index contributed by atoms with van der Waals surface area (Å²) in [5.74, 6) is -0.705. The fraction of sp³-hybridized carbons (Fsp3) is 0.700. The minimum atomic E-state index is -0.622. The van der Waals surface area contributed by atoms with Crippen LogP contribution in [0, 0.1) is 0 Å². The number of carbonyl (C=O) groups is 3. The number of fused-ring (bicyclic) bond motifs is 2. The minimum Gasteiger partial charge on any atom is -0.309 e. The Balaban J connectivity index is 2.08. The molecule has 0 aromatic rings. The average Bonchev–Trinajstić information content (AvgIpc) is 2.53. The summed E-state index contributed by atoms with van der Waals surface area (Å²) in [6.45, 7) is 1.65. The molecule has 0 aromatic heterocycles. The molecular formula is C10H16N4O4. The molecule has 2 rings (SSSR count). The number of nitrogens with zero attached hydrogens (tertiary/aromatic N) is 3. The van der Waals surface area contributed by atoms with Gasteiger partial charge in [0, 0.05) is 20.5 Å². The second-order valence-electron chi connectivity index (χ2n) is 4.59. The zero-order valence-electron chi connectivity index (χ0n) is 10.3. The molecule has 2 heterocycles. The lowest BCUT2D eigenvalue weighted by molar-refractivity contribution is -0.143. The summed E-state index contributed by atoms with van der Waals surface area (Å²) in [6.07, 6.45) is 1.05. The first kappa shape index (κ1) is 12.6. The SMILES string of the molecule is CC(=O)NN(C)C(=O)[C@H]1CC[C@H]2CN1C(=O)N2O. The fourth-order valence-electron chi connectivity index (χ4n) is 2.42. The highest BCUT2D eigenvalue weighted by Gasteiger charge is 2.47. The van der Waals surface area contributed by atoms with Crippen molar-refractivity contribution < 1.29 is 19.6 Å². The van der Waals surface area contributed by atoms with Gasteiger partial charge in [-0.3, -0.25) is 25.2 Å². The van der Waals surface area contributed by atoms with Gasteiger partial charge in [-0.25, -0.2) is 9.86 Å². The van der Waals surface area contributed by atoms with E-state index in [1.165, 1.54) is 18.9 Å². The van der Waals surface area contributed by atoms with Crippen LogP contribution in [-0.4, -0.2) is 63.7 Å². The molecule has 2 aliphatic rings. The van der Waals surface area contributed by atoms with E-state index in [1.54, 1.807) is 0 Å². The Morgan fingerprint density at radius 3 is 2.72 bits per heavy atom. The van der Waals surface area contributed by atoms with Gasteiger partial charge in [0.1, 0.15) is 6.04 Å². The first-order valence-corrected chi connectivity index (χ1v) is 5.75. The summed E-state index contributed by atoms with van der Waals surface area (Å²) >= 11 is 0. The number of piperidine rings is 1. The smallest absolute Gasteiger partial charge is 0.309 e. The van der Waals surface area contributed by atoms with Crippen molar-refractivity contribution in [1.82, 2.24) is 20.4 Å². The van der Waals surface area contributed by atoms with E-state index in [-0.39, 0.29) is 17.9 Å². The van der Waals surface area contributed by atoms with Crippen LogP contribution in [0.3, 0.4) is 0 Å². The van der Waals surface area contributed by atoms with Crippen LogP contribution in [0.25, 0.3) is 0 Å². The number of hydrogen-bond donors (Lipinski definition) is 2. The molecule has 0 radical (unpaired) electrons. The van der Waals surface area contributed by atoms with Crippen molar-refractivity contribution >= 4 is 17.8 Å². The van der Waals surface area contributed by atoms with Crippen molar-refractivity contribution in [3.63, 3.8) is 0 Å². The van der Waals surface area contributed by atoms with Crippen LogP contribution in [0.1, 0.15) is 19.8 Å². The zero-order valence-corrected chi connectivity index (χ0v) is 10.3. The van der Waals surface area contributed by atoms with Gasteiger partial charge < -0.3 is 4.90 Å². The molecule has 0 saturated carbocycles. The van der Waals surface area contributed by atoms with Crippen molar-refractivity contribution in [1.29, 1.82) is 0 Å². The number of nitrogens with one attached hydrogen (secondary N) is 1. The Bertz CT molecular complexity index is 399. The van der Waals surface area contributed by atoms with Crippen molar-refractivity contribution in [2.24, 2.45) is 0 Å². The highest BCUT2D eigenvalue weighted by molar-refractivity contribution is 5.89. The molecule has 8 heteroatoms.